The van der Waals surface area contributed by atoms with Crippen molar-refractivity contribution in [2.45, 2.75) is 19.4 Å². The van der Waals surface area contributed by atoms with Crippen molar-refractivity contribution in [3.05, 3.63) is 48.0 Å². The minimum atomic E-state index is -3.29. The number of fused-ring (bicyclic) bond motifs is 1. The van der Waals surface area contributed by atoms with Gasteiger partial charge in [0.05, 0.1) is 12.2 Å². The Morgan fingerprint density at radius 1 is 1.20 bits per heavy atom. The molecule has 1 saturated heterocycles. The van der Waals surface area contributed by atoms with E-state index in [1.54, 1.807) is 18.2 Å². The second-order valence-corrected chi connectivity index (χ2v) is 9.44. The van der Waals surface area contributed by atoms with Gasteiger partial charge in [-0.25, -0.2) is 12.7 Å². The predicted molar refractivity (Wildman–Crippen MR) is 111 cm³/mol. The Balaban J connectivity index is 1.35. The second-order valence-electron chi connectivity index (χ2n) is 7.45. The maximum Gasteiger partial charge on any atom is 0.231 e. The Morgan fingerprint density at radius 2 is 2.03 bits per heavy atom. The SMILES string of the molecule is CS(=O)(=O)N1CCC[C@@H](C(=O)Nc2cccc(COc3ccc4c(c3)OCO4)c2)C1. The van der Waals surface area contributed by atoms with Crippen molar-refractivity contribution < 1.29 is 27.4 Å². The summed E-state index contributed by atoms with van der Waals surface area (Å²) in [6.07, 6.45) is 2.52. The zero-order chi connectivity index (χ0) is 21.1. The van der Waals surface area contributed by atoms with Gasteiger partial charge in [-0.2, -0.15) is 0 Å². The third kappa shape index (κ3) is 4.85. The summed E-state index contributed by atoms with van der Waals surface area (Å²) in [5.74, 6) is 1.49. The Hall–Kier alpha value is -2.78. The van der Waals surface area contributed by atoms with Crippen molar-refractivity contribution in [3.8, 4) is 17.2 Å². The van der Waals surface area contributed by atoms with Crippen LogP contribution in [-0.4, -0.2) is 44.8 Å². The van der Waals surface area contributed by atoms with E-state index in [4.69, 9.17) is 14.2 Å². The molecule has 9 heteroatoms. The molecular formula is C21H24N2O6S. The van der Waals surface area contributed by atoms with E-state index >= 15 is 0 Å². The largest absolute Gasteiger partial charge is 0.489 e. The van der Waals surface area contributed by atoms with Crippen LogP contribution in [0.5, 0.6) is 17.2 Å². The standard InChI is InChI=1S/C21H24N2O6S/c1-30(25,26)23-9-3-5-16(12-23)21(24)22-17-6-2-4-15(10-17)13-27-18-7-8-19-20(11-18)29-14-28-19/h2,4,6-8,10-11,16H,3,5,9,12-14H2,1H3,(H,22,24)/t16-/m1/s1. The number of amides is 1. The van der Waals surface area contributed by atoms with Crippen LogP contribution in [0.2, 0.25) is 0 Å². The number of nitrogens with one attached hydrogen (secondary N) is 1. The summed E-state index contributed by atoms with van der Waals surface area (Å²) in [6, 6.07) is 12.8. The van der Waals surface area contributed by atoms with Crippen LogP contribution < -0.4 is 19.5 Å². The lowest BCUT2D eigenvalue weighted by molar-refractivity contribution is -0.120. The van der Waals surface area contributed by atoms with Gasteiger partial charge in [0.1, 0.15) is 12.4 Å². The molecule has 160 valence electrons. The number of hydrogen-bond donors (Lipinski definition) is 1. The smallest absolute Gasteiger partial charge is 0.231 e. The number of carbonyl (C=O) groups is 1. The molecule has 0 saturated carbocycles. The molecule has 1 atom stereocenters. The fourth-order valence-corrected chi connectivity index (χ4v) is 4.49. The normalized spacial score (nSPS) is 18.8. The zero-order valence-corrected chi connectivity index (χ0v) is 17.5. The summed E-state index contributed by atoms with van der Waals surface area (Å²) in [6.45, 7) is 1.23. The number of nitrogens with zero attached hydrogens (tertiary/aromatic N) is 1. The van der Waals surface area contributed by atoms with Crippen LogP contribution in [0.25, 0.3) is 0 Å². The molecule has 2 aliphatic rings. The molecule has 0 aliphatic carbocycles. The van der Waals surface area contributed by atoms with Gasteiger partial charge in [0.25, 0.3) is 0 Å². The first-order valence-corrected chi connectivity index (χ1v) is 11.6. The first kappa shape index (κ1) is 20.5. The number of piperidine rings is 1. The summed E-state index contributed by atoms with van der Waals surface area (Å²) in [5, 5.41) is 2.90. The number of sulfonamides is 1. The van der Waals surface area contributed by atoms with Crippen LogP contribution in [0.1, 0.15) is 18.4 Å². The van der Waals surface area contributed by atoms with Crippen molar-refractivity contribution in [2.24, 2.45) is 5.92 Å². The molecule has 0 spiro atoms. The molecule has 30 heavy (non-hydrogen) atoms. The zero-order valence-electron chi connectivity index (χ0n) is 16.7. The van der Waals surface area contributed by atoms with Crippen LogP contribution in [0.3, 0.4) is 0 Å². The van der Waals surface area contributed by atoms with Gasteiger partial charge in [0.2, 0.25) is 22.7 Å². The molecule has 4 rings (SSSR count). The molecule has 1 fully saturated rings. The number of rotatable bonds is 6. The van der Waals surface area contributed by atoms with Crippen LogP contribution in [0, 0.1) is 5.92 Å². The minimum Gasteiger partial charge on any atom is -0.489 e. The van der Waals surface area contributed by atoms with Gasteiger partial charge in [-0.05, 0) is 42.7 Å². The highest BCUT2D eigenvalue weighted by Gasteiger charge is 2.30. The number of hydrogen-bond acceptors (Lipinski definition) is 6. The van der Waals surface area contributed by atoms with Gasteiger partial charge in [0, 0.05) is 24.8 Å². The number of anilines is 1. The van der Waals surface area contributed by atoms with Crippen molar-refractivity contribution >= 4 is 21.6 Å². The number of ether oxygens (including phenoxy) is 3. The van der Waals surface area contributed by atoms with Gasteiger partial charge in [-0.1, -0.05) is 12.1 Å². The molecule has 0 radical (unpaired) electrons. The molecule has 8 nitrogen and oxygen atoms in total. The number of carbonyl (C=O) groups excluding carboxylic acids is 1. The fourth-order valence-electron chi connectivity index (χ4n) is 3.57. The van der Waals surface area contributed by atoms with E-state index in [1.165, 1.54) is 10.6 Å². The predicted octanol–water partition coefficient (Wildman–Crippen LogP) is 2.60. The van der Waals surface area contributed by atoms with Crippen molar-refractivity contribution in [3.63, 3.8) is 0 Å². The summed E-state index contributed by atoms with van der Waals surface area (Å²) < 4.78 is 41.4. The highest BCUT2D eigenvalue weighted by atomic mass is 32.2. The Labute approximate surface area is 175 Å². The molecule has 1 N–H and O–H groups in total. The monoisotopic (exact) mass is 432 g/mol. The van der Waals surface area contributed by atoms with Crippen LogP contribution in [0.15, 0.2) is 42.5 Å². The second kappa shape index (κ2) is 8.53. The third-order valence-corrected chi connectivity index (χ3v) is 6.44. The highest BCUT2D eigenvalue weighted by molar-refractivity contribution is 7.88. The average Bonchev–Trinajstić information content (AvgIpc) is 3.20. The van der Waals surface area contributed by atoms with E-state index in [-0.39, 0.29) is 25.2 Å². The van der Waals surface area contributed by atoms with E-state index in [0.29, 0.717) is 48.9 Å². The van der Waals surface area contributed by atoms with E-state index in [0.717, 1.165) is 5.56 Å². The first-order valence-electron chi connectivity index (χ1n) is 9.76. The maximum atomic E-state index is 12.6. The highest BCUT2D eigenvalue weighted by Crippen LogP contribution is 2.35. The van der Waals surface area contributed by atoms with Crippen LogP contribution in [-0.2, 0) is 21.4 Å². The lowest BCUT2D eigenvalue weighted by Gasteiger charge is -2.30. The van der Waals surface area contributed by atoms with Crippen molar-refractivity contribution in [2.75, 3.05) is 31.5 Å². The number of benzene rings is 2. The Bertz CT molecular complexity index is 1040. The molecule has 0 aromatic heterocycles. The van der Waals surface area contributed by atoms with E-state index in [1.807, 2.05) is 24.3 Å². The third-order valence-electron chi connectivity index (χ3n) is 5.17. The Kier molecular flexibility index (Phi) is 5.83. The molecule has 2 heterocycles. The van der Waals surface area contributed by atoms with Gasteiger partial charge in [-0.15, -0.1) is 0 Å². The molecule has 0 unspecified atom stereocenters. The van der Waals surface area contributed by atoms with E-state index in [9.17, 15) is 13.2 Å². The first-order chi connectivity index (χ1) is 14.4. The molecule has 1 amide bonds. The van der Waals surface area contributed by atoms with Gasteiger partial charge in [0.15, 0.2) is 11.5 Å². The topological polar surface area (TPSA) is 94.2 Å². The van der Waals surface area contributed by atoms with Gasteiger partial charge >= 0.3 is 0 Å². The fraction of sp³-hybridized carbons (Fsp3) is 0.381. The summed E-state index contributed by atoms with van der Waals surface area (Å²) in [4.78, 5) is 12.6. The Morgan fingerprint density at radius 3 is 2.87 bits per heavy atom. The van der Waals surface area contributed by atoms with Crippen LogP contribution in [0.4, 0.5) is 5.69 Å². The van der Waals surface area contributed by atoms with Crippen molar-refractivity contribution in [1.82, 2.24) is 4.31 Å². The van der Waals surface area contributed by atoms with Gasteiger partial charge < -0.3 is 19.5 Å². The molecule has 2 aliphatic heterocycles. The summed E-state index contributed by atoms with van der Waals surface area (Å²) >= 11 is 0. The summed E-state index contributed by atoms with van der Waals surface area (Å²) in [5.41, 5.74) is 1.55. The molecule has 0 bridgehead atoms. The molecular weight excluding hydrogens is 408 g/mol. The molecule has 2 aromatic carbocycles. The van der Waals surface area contributed by atoms with Crippen LogP contribution >= 0.6 is 0 Å². The minimum absolute atomic E-state index is 0.169. The average molecular weight is 432 g/mol. The lowest BCUT2D eigenvalue weighted by Crippen LogP contribution is -2.43. The quantitative estimate of drug-likeness (QED) is 0.754. The maximum absolute atomic E-state index is 12.6. The lowest BCUT2D eigenvalue weighted by atomic mass is 9.98. The molecule has 2 aromatic rings. The summed E-state index contributed by atoms with van der Waals surface area (Å²) in [7, 11) is -3.29. The van der Waals surface area contributed by atoms with E-state index in [2.05, 4.69) is 5.32 Å². The van der Waals surface area contributed by atoms with Gasteiger partial charge in [-0.3, -0.25) is 4.79 Å². The van der Waals surface area contributed by atoms with E-state index < -0.39 is 10.0 Å². The van der Waals surface area contributed by atoms with Crippen molar-refractivity contribution in [1.29, 1.82) is 0 Å².